The first-order valence-electron chi connectivity index (χ1n) is 7.84. The van der Waals surface area contributed by atoms with E-state index < -0.39 is 10.0 Å². The summed E-state index contributed by atoms with van der Waals surface area (Å²) in [5, 5.41) is 3.06. The third-order valence-electron chi connectivity index (χ3n) is 4.19. The second kappa shape index (κ2) is 7.24. The van der Waals surface area contributed by atoms with Crippen molar-refractivity contribution in [1.82, 2.24) is 10.0 Å². The second-order valence-corrected chi connectivity index (χ2v) is 7.63. The topological polar surface area (TPSA) is 75.3 Å². The summed E-state index contributed by atoms with van der Waals surface area (Å²) in [6, 6.07) is 6.28. The minimum absolute atomic E-state index is 0.133. The number of benzene rings is 1. The zero-order valence-electron chi connectivity index (χ0n) is 13.1. The lowest BCUT2D eigenvalue weighted by Crippen LogP contribution is -2.41. The van der Waals surface area contributed by atoms with E-state index in [1.165, 1.54) is 18.6 Å². The van der Waals surface area contributed by atoms with E-state index in [0.717, 1.165) is 19.3 Å². The van der Waals surface area contributed by atoms with Crippen molar-refractivity contribution in [3.05, 3.63) is 29.8 Å². The SMILES string of the molecule is CCNS(=O)(=O)c1ccc(C(=O)NC2CCCCC2C)cc1. The molecule has 1 aromatic rings. The maximum atomic E-state index is 12.3. The molecule has 2 unspecified atom stereocenters. The average Bonchev–Trinajstić information content (AvgIpc) is 2.49. The molecule has 1 amide bonds. The van der Waals surface area contributed by atoms with Crippen LogP contribution in [0.3, 0.4) is 0 Å². The van der Waals surface area contributed by atoms with E-state index in [-0.39, 0.29) is 16.8 Å². The van der Waals surface area contributed by atoms with Gasteiger partial charge in [0.15, 0.2) is 0 Å². The average molecular weight is 324 g/mol. The van der Waals surface area contributed by atoms with Crippen molar-refractivity contribution >= 4 is 15.9 Å². The van der Waals surface area contributed by atoms with Gasteiger partial charge in [-0.2, -0.15) is 0 Å². The Balaban J connectivity index is 2.05. The summed E-state index contributed by atoms with van der Waals surface area (Å²) in [5.41, 5.74) is 0.494. The van der Waals surface area contributed by atoms with Crippen molar-refractivity contribution in [3.63, 3.8) is 0 Å². The molecule has 122 valence electrons. The summed E-state index contributed by atoms with van der Waals surface area (Å²) in [6.07, 6.45) is 4.53. The summed E-state index contributed by atoms with van der Waals surface area (Å²) in [5.74, 6) is 0.359. The van der Waals surface area contributed by atoms with Gasteiger partial charge in [0.05, 0.1) is 4.90 Å². The monoisotopic (exact) mass is 324 g/mol. The van der Waals surface area contributed by atoms with Gasteiger partial charge in [-0.1, -0.05) is 26.7 Å². The lowest BCUT2D eigenvalue weighted by atomic mass is 9.86. The Morgan fingerprint density at radius 3 is 2.41 bits per heavy atom. The van der Waals surface area contributed by atoms with Crippen molar-refractivity contribution in [2.75, 3.05) is 6.54 Å². The minimum atomic E-state index is -3.47. The molecule has 22 heavy (non-hydrogen) atoms. The van der Waals surface area contributed by atoms with Crippen molar-refractivity contribution in [1.29, 1.82) is 0 Å². The normalized spacial score (nSPS) is 22.3. The summed E-state index contributed by atoms with van der Waals surface area (Å²) >= 11 is 0. The van der Waals surface area contributed by atoms with Crippen LogP contribution in [0.5, 0.6) is 0 Å². The Labute approximate surface area is 132 Å². The maximum absolute atomic E-state index is 12.3. The Hall–Kier alpha value is -1.40. The molecule has 1 aliphatic carbocycles. The van der Waals surface area contributed by atoms with Crippen LogP contribution in [0.15, 0.2) is 29.2 Å². The Bertz CT molecular complexity index is 611. The first kappa shape index (κ1) is 17.0. The van der Waals surface area contributed by atoms with Crippen LogP contribution in [-0.2, 0) is 10.0 Å². The number of sulfonamides is 1. The number of hydrogen-bond donors (Lipinski definition) is 2. The molecule has 1 aromatic carbocycles. The molecule has 1 aliphatic rings. The van der Waals surface area contributed by atoms with Crippen molar-refractivity contribution < 1.29 is 13.2 Å². The molecule has 0 spiro atoms. The summed E-state index contributed by atoms with van der Waals surface area (Å²) in [4.78, 5) is 12.4. The quantitative estimate of drug-likeness (QED) is 0.872. The van der Waals surface area contributed by atoms with Crippen LogP contribution in [0.2, 0.25) is 0 Å². The fourth-order valence-electron chi connectivity index (χ4n) is 2.84. The van der Waals surface area contributed by atoms with E-state index in [1.807, 2.05) is 0 Å². The van der Waals surface area contributed by atoms with Gasteiger partial charge < -0.3 is 5.32 Å². The smallest absolute Gasteiger partial charge is 0.251 e. The first-order chi connectivity index (χ1) is 10.4. The fourth-order valence-corrected chi connectivity index (χ4v) is 3.88. The summed E-state index contributed by atoms with van der Waals surface area (Å²) in [6.45, 7) is 4.23. The standard InChI is InChI=1S/C16H24N2O3S/c1-3-17-22(20,21)14-10-8-13(9-11-14)16(19)18-15-7-5-4-6-12(15)2/h8-12,15,17H,3-7H2,1-2H3,(H,18,19). The molecule has 2 N–H and O–H groups in total. The molecule has 0 heterocycles. The van der Waals surface area contributed by atoms with Gasteiger partial charge >= 0.3 is 0 Å². The lowest BCUT2D eigenvalue weighted by Gasteiger charge is -2.29. The van der Waals surface area contributed by atoms with Gasteiger partial charge in [0, 0.05) is 18.2 Å². The number of amides is 1. The van der Waals surface area contributed by atoms with E-state index in [1.54, 1.807) is 19.1 Å². The highest BCUT2D eigenvalue weighted by atomic mass is 32.2. The Morgan fingerprint density at radius 2 is 1.82 bits per heavy atom. The van der Waals surface area contributed by atoms with Crippen LogP contribution in [0.1, 0.15) is 49.9 Å². The van der Waals surface area contributed by atoms with Crippen LogP contribution in [0.25, 0.3) is 0 Å². The summed E-state index contributed by atoms with van der Waals surface area (Å²) < 4.78 is 26.2. The van der Waals surface area contributed by atoms with Crippen LogP contribution in [0, 0.1) is 5.92 Å². The van der Waals surface area contributed by atoms with Gasteiger partial charge in [0.2, 0.25) is 10.0 Å². The fraction of sp³-hybridized carbons (Fsp3) is 0.562. The van der Waals surface area contributed by atoms with Crippen molar-refractivity contribution in [2.24, 2.45) is 5.92 Å². The molecule has 0 aliphatic heterocycles. The molecule has 0 radical (unpaired) electrons. The van der Waals surface area contributed by atoms with Gasteiger partial charge in [0.25, 0.3) is 5.91 Å². The Morgan fingerprint density at radius 1 is 1.18 bits per heavy atom. The molecule has 1 fully saturated rings. The van der Waals surface area contributed by atoms with Crippen LogP contribution in [-0.4, -0.2) is 26.9 Å². The minimum Gasteiger partial charge on any atom is -0.349 e. The number of hydrogen-bond acceptors (Lipinski definition) is 3. The van der Waals surface area contributed by atoms with Crippen molar-refractivity contribution in [2.45, 2.75) is 50.5 Å². The molecule has 0 saturated heterocycles. The number of rotatable bonds is 5. The molecular formula is C16H24N2O3S. The third-order valence-corrected chi connectivity index (χ3v) is 5.75. The molecule has 2 rings (SSSR count). The molecular weight excluding hydrogens is 300 g/mol. The molecule has 6 heteroatoms. The number of carbonyl (C=O) groups is 1. The molecule has 0 aromatic heterocycles. The van der Waals surface area contributed by atoms with E-state index >= 15 is 0 Å². The van der Waals surface area contributed by atoms with Gasteiger partial charge in [-0.3, -0.25) is 4.79 Å². The van der Waals surface area contributed by atoms with E-state index in [4.69, 9.17) is 0 Å². The van der Waals surface area contributed by atoms with E-state index in [2.05, 4.69) is 17.0 Å². The molecule has 2 atom stereocenters. The zero-order valence-corrected chi connectivity index (χ0v) is 13.9. The van der Waals surface area contributed by atoms with Gasteiger partial charge in [-0.15, -0.1) is 0 Å². The summed E-state index contributed by atoms with van der Waals surface area (Å²) in [7, 11) is -3.47. The van der Waals surface area contributed by atoms with E-state index in [9.17, 15) is 13.2 Å². The number of carbonyl (C=O) groups excluding carboxylic acids is 1. The predicted octanol–water partition coefficient (Wildman–Crippen LogP) is 2.29. The molecule has 0 bridgehead atoms. The second-order valence-electron chi connectivity index (χ2n) is 5.87. The van der Waals surface area contributed by atoms with E-state index in [0.29, 0.717) is 18.0 Å². The van der Waals surface area contributed by atoms with Gasteiger partial charge in [0.1, 0.15) is 0 Å². The van der Waals surface area contributed by atoms with Crippen molar-refractivity contribution in [3.8, 4) is 0 Å². The molecule has 1 saturated carbocycles. The third kappa shape index (κ3) is 4.08. The highest BCUT2D eigenvalue weighted by Gasteiger charge is 2.23. The molecule has 5 nitrogen and oxygen atoms in total. The van der Waals surface area contributed by atoms with Crippen LogP contribution >= 0.6 is 0 Å². The highest BCUT2D eigenvalue weighted by Crippen LogP contribution is 2.24. The van der Waals surface area contributed by atoms with Gasteiger partial charge in [-0.05, 0) is 43.0 Å². The Kier molecular flexibility index (Phi) is 5.58. The maximum Gasteiger partial charge on any atom is 0.251 e. The largest absolute Gasteiger partial charge is 0.349 e. The first-order valence-corrected chi connectivity index (χ1v) is 9.33. The van der Waals surface area contributed by atoms with Crippen LogP contribution in [0.4, 0.5) is 0 Å². The highest BCUT2D eigenvalue weighted by molar-refractivity contribution is 7.89. The van der Waals surface area contributed by atoms with Crippen LogP contribution < -0.4 is 10.0 Å². The zero-order chi connectivity index (χ0) is 16.2. The lowest BCUT2D eigenvalue weighted by molar-refractivity contribution is 0.0910. The van der Waals surface area contributed by atoms with Gasteiger partial charge in [-0.25, -0.2) is 13.1 Å². The predicted molar refractivity (Wildman–Crippen MR) is 86.2 cm³/mol. The number of nitrogens with one attached hydrogen (secondary N) is 2.